The number of aromatic amines is 1. The molecule has 1 heterocycles. The van der Waals surface area contributed by atoms with Gasteiger partial charge in [-0.25, -0.2) is 4.39 Å². The number of nitrogens with one attached hydrogen (secondary N) is 4. The fourth-order valence-corrected chi connectivity index (χ4v) is 3.62. The number of anilines is 1. The zero-order chi connectivity index (χ0) is 24.5. The van der Waals surface area contributed by atoms with Crippen molar-refractivity contribution in [2.24, 2.45) is 0 Å². The largest absolute Gasteiger partial charge is 0.361 e. The Morgan fingerprint density at radius 2 is 1.82 bits per heavy atom. The van der Waals surface area contributed by atoms with Crippen LogP contribution in [-0.2, 0) is 6.42 Å². The number of nitrogens with zero attached hydrogens (tertiary/aromatic N) is 1. The molecule has 0 aliphatic heterocycles. The van der Waals surface area contributed by atoms with Gasteiger partial charge in [0.05, 0.1) is 23.3 Å². The maximum Gasteiger partial charge on any atom is 0.252 e. The first kappa shape index (κ1) is 24.7. The maximum absolute atomic E-state index is 12.4. The van der Waals surface area contributed by atoms with Crippen LogP contribution in [0.2, 0.25) is 5.02 Å². The highest BCUT2D eigenvalue weighted by Crippen LogP contribution is 2.23. The highest BCUT2D eigenvalue weighted by atomic mass is 35.5. The second-order valence-electron chi connectivity index (χ2n) is 7.49. The van der Waals surface area contributed by atoms with E-state index in [1.54, 1.807) is 36.4 Å². The Morgan fingerprint density at radius 1 is 1.09 bits per heavy atom. The molecule has 8 heteroatoms. The summed E-state index contributed by atoms with van der Waals surface area (Å²) in [7, 11) is 0. The topological polar surface area (TPSA) is 95.8 Å². The SMILES string of the molecule is Cc1ccc2c(CCNC(=O)c3ccc(N(C=N)C=N)cc3Cl)c[nH]c2c1.Fc1ccccc1. The lowest BCUT2D eigenvalue weighted by Gasteiger charge is -2.14. The second-order valence-corrected chi connectivity index (χ2v) is 7.90. The summed E-state index contributed by atoms with van der Waals surface area (Å²) in [4.78, 5) is 17.0. The molecule has 4 rings (SSSR count). The molecule has 6 nitrogen and oxygen atoms in total. The van der Waals surface area contributed by atoms with Crippen LogP contribution in [0.5, 0.6) is 0 Å². The normalized spacial score (nSPS) is 10.2. The highest BCUT2D eigenvalue weighted by Gasteiger charge is 2.12. The summed E-state index contributed by atoms with van der Waals surface area (Å²) in [6.07, 6.45) is 4.68. The molecule has 0 unspecified atom stereocenters. The van der Waals surface area contributed by atoms with Crippen molar-refractivity contribution in [1.29, 1.82) is 10.8 Å². The first-order valence-electron chi connectivity index (χ1n) is 10.6. The smallest absolute Gasteiger partial charge is 0.252 e. The van der Waals surface area contributed by atoms with Gasteiger partial charge in [-0.05, 0) is 60.9 Å². The van der Waals surface area contributed by atoms with Gasteiger partial charge in [0.15, 0.2) is 0 Å². The Hall–Kier alpha value is -3.97. The molecular formula is C26H25ClFN5O. The van der Waals surface area contributed by atoms with Gasteiger partial charge in [0.2, 0.25) is 0 Å². The molecule has 3 aromatic carbocycles. The number of hydrogen-bond donors (Lipinski definition) is 4. The quantitative estimate of drug-likeness (QED) is 0.195. The molecular weight excluding hydrogens is 453 g/mol. The van der Waals surface area contributed by atoms with Gasteiger partial charge in [0, 0.05) is 29.3 Å². The Kier molecular flexibility index (Phi) is 8.54. The maximum atomic E-state index is 12.4. The zero-order valence-electron chi connectivity index (χ0n) is 18.6. The molecule has 1 aromatic heterocycles. The number of hydrogen-bond acceptors (Lipinski definition) is 3. The first-order valence-corrected chi connectivity index (χ1v) is 10.9. The summed E-state index contributed by atoms with van der Waals surface area (Å²) < 4.78 is 11.9. The summed E-state index contributed by atoms with van der Waals surface area (Å²) in [6, 6.07) is 19.0. The Labute approximate surface area is 202 Å². The lowest BCUT2D eigenvalue weighted by atomic mass is 10.1. The van der Waals surface area contributed by atoms with Gasteiger partial charge in [-0.1, -0.05) is 41.9 Å². The summed E-state index contributed by atoms with van der Waals surface area (Å²) >= 11 is 6.21. The molecule has 4 aromatic rings. The third kappa shape index (κ3) is 6.30. The lowest BCUT2D eigenvalue weighted by molar-refractivity contribution is 0.0954. The van der Waals surface area contributed by atoms with Crippen LogP contribution in [0.1, 0.15) is 21.5 Å². The molecule has 1 amide bonds. The van der Waals surface area contributed by atoms with Crippen molar-refractivity contribution in [3.05, 3.63) is 100 Å². The van der Waals surface area contributed by atoms with Crippen molar-refractivity contribution in [2.75, 3.05) is 11.4 Å². The second kappa shape index (κ2) is 11.8. The zero-order valence-corrected chi connectivity index (χ0v) is 19.4. The van der Waals surface area contributed by atoms with E-state index < -0.39 is 0 Å². The Balaban J connectivity index is 0.000000396. The van der Waals surface area contributed by atoms with E-state index in [-0.39, 0.29) is 16.7 Å². The third-order valence-corrected chi connectivity index (χ3v) is 5.42. The van der Waals surface area contributed by atoms with Gasteiger partial charge >= 0.3 is 0 Å². The number of fused-ring (bicyclic) bond motifs is 1. The number of H-pyrrole nitrogens is 1. The van der Waals surface area contributed by atoms with E-state index in [0.717, 1.165) is 29.1 Å². The van der Waals surface area contributed by atoms with Crippen molar-refractivity contribution >= 4 is 46.8 Å². The standard InChI is InChI=1S/C20H20ClN5O.C6H5F/c1-13-2-4-16-14(10-25-19(16)8-13)6-7-24-20(27)17-5-3-15(9-18(17)21)26(11-22)12-23;7-6-4-2-1-3-5-6/h2-5,8-12,22-23,25H,6-7H2,1H3,(H,24,27);1-5H. The van der Waals surface area contributed by atoms with E-state index in [1.807, 2.05) is 6.20 Å². The summed E-state index contributed by atoms with van der Waals surface area (Å²) in [5, 5.41) is 18.9. The molecule has 4 N–H and O–H groups in total. The number of carbonyl (C=O) groups is 1. The molecule has 174 valence electrons. The Bertz CT molecular complexity index is 1280. The summed E-state index contributed by atoms with van der Waals surface area (Å²) in [5.74, 6) is -0.430. The fraction of sp³-hybridized carbons (Fsp3) is 0.115. The lowest BCUT2D eigenvalue weighted by Crippen LogP contribution is -2.26. The molecule has 0 aliphatic rings. The summed E-state index contributed by atoms with van der Waals surface area (Å²) in [5.41, 5.74) is 4.36. The number of rotatable bonds is 7. The number of carbonyl (C=O) groups excluding carboxylic acids is 1. The van der Waals surface area contributed by atoms with Crippen LogP contribution in [0.25, 0.3) is 10.9 Å². The fourth-order valence-electron chi connectivity index (χ4n) is 3.36. The molecule has 0 aliphatic carbocycles. The van der Waals surface area contributed by atoms with Crippen LogP contribution in [0.3, 0.4) is 0 Å². The van der Waals surface area contributed by atoms with E-state index in [9.17, 15) is 9.18 Å². The van der Waals surface area contributed by atoms with Crippen LogP contribution in [-0.4, -0.2) is 30.1 Å². The molecule has 0 saturated carbocycles. The number of benzene rings is 3. The van der Waals surface area contributed by atoms with Gasteiger partial charge in [-0.15, -0.1) is 0 Å². The molecule has 0 saturated heterocycles. The summed E-state index contributed by atoms with van der Waals surface area (Å²) in [6.45, 7) is 2.55. The number of amides is 1. The molecule has 0 bridgehead atoms. The number of aromatic nitrogens is 1. The molecule has 0 fully saturated rings. The van der Waals surface area contributed by atoms with Gasteiger partial charge in [0.25, 0.3) is 5.91 Å². The average molecular weight is 478 g/mol. The number of halogens is 2. The van der Waals surface area contributed by atoms with Gasteiger partial charge < -0.3 is 10.3 Å². The van der Waals surface area contributed by atoms with Crippen molar-refractivity contribution in [2.45, 2.75) is 13.3 Å². The molecule has 0 atom stereocenters. The van der Waals surface area contributed by atoms with E-state index in [1.165, 1.54) is 22.6 Å². The van der Waals surface area contributed by atoms with Crippen molar-refractivity contribution < 1.29 is 9.18 Å². The van der Waals surface area contributed by atoms with E-state index >= 15 is 0 Å². The van der Waals surface area contributed by atoms with Crippen molar-refractivity contribution in [1.82, 2.24) is 10.3 Å². The van der Waals surface area contributed by atoms with Crippen molar-refractivity contribution in [3.63, 3.8) is 0 Å². The predicted octanol–water partition coefficient (Wildman–Crippen LogP) is 5.95. The predicted molar refractivity (Wildman–Crippen MR) is 137 cm³/mol. The minimum atomic E-state index is -0.251. The van der Waals surface area contributed by atoms with Crippen LogP contribution in [0.15, 0.2) is 72.9 Å². The van der Waals surface area contributed by atoms with Gasteiger partial charge in [-0.3, -0.25) is 20.5 Å². The molecule has 0 spiro atoms. The Morgan fingerprint density at radius 3 is 2.44 bits per heavy atom. The van der Waals surface area contributed by atoms with E-state index in [0.29, 0.717) is 24.2 Å². The third-order valence-electron chi connectivity index (χ3n) is 5.11. The highest BCUT2D eigenvalue weighted by molar-refractivity contribution is 6.34. The minimum Gasteiger partial charge on any atom is -0.361 e. The first-order chi connectivity index (χ1) is 16.4. The van der Waals surface area contributed by atoms with E-state index in [4.69, 9.17) is 22.4 Å². The van der Waals surface area contributed by atoms with Gasteiger partial charge in [0.1, 0.15) is 5.82 Å². The monoisotopic (exact) mass is 477 g/mol. The van der Waals surface area contributed by atoms with Crippen molar-refractivity contribution in [3.8, 4) is 0 Å². The van der Waals surface area contributed by atoms with E-state index in [2.05, 4.69) is 35.4 Å². The van der Waals surface area contributed by atoms with Gasteiger partial charge in [-0.2, -0.15) is 0 Å². The molecule has 0 radical (unpaired) electrons. The average Bonchev–Trinajstić information content (AvgIpc) is 3.22. The van der Waals surface area contributed by atoms with Crippen LogP contribution >= 0.6 is 11.6 Å². The molecule has 34 heavy (non-hydrogen) atoms. The number of aryl methyl sites for hydroxylation is 1. The minimum absolute atomic E-state index is 0.178. The van der Waals surface area contributed by atoms with Crippen LogP contribution in [0, 0.1) is 23.6 Å². The van der Waals surface area contributed by atoms with Crippen LogP contribution < -0.4 is 10.2 Å². The van der Waals surface area contributed by atoms with Crippen LogP contribution in [0.4, 0.5) is 10.1 Å².